The molecule has 30 heavy (non-hydrogen) atoms. The summed E-state index contributed by atoms with van der Waals surface area (Å²) in [7, 11) is 0. The molecule has 3 aliphatic rings. The van der Waals surface area contributed by atoms with Gasteiger partial charge >= 0.3 is 6.03 Å². The molecule has 162 valence electrons. The lowest BCUT2D eigenvalue weighted by molar-refractivity contribution is -0.131. The number of ether oxygens (including phenoxy) is 1. The summed E-state index contributed by atoms with van der Waals surface area (Å²) in [5, 5.41) is 5.79. The predicted molar refractivity (Wildman–Crippen MR) is 110 cm³/mol. The first-order chi connectivity index (χ1) is 14.6. The van der Waals surface area contributed by atoms with Gasteiger partial charge in [0.15, 0.2) is 0 Å². The van der Waals surface area contributed by atoms with E-state index in [1.807, 2.05) is 18.2 Å². The molecule has 2 heterocycles. The second kappa shape index (κ2) is 9.14. The third-order valence-corrected chi connectivity index (χ3v) is 6.36. The van der Waals surface area contributed by atoms with Crippen molar-refractivity contribution < 1.29 is 19.1 Å². The Labute approximate surface area is 176 Å². The summed E-state index contributed by atoms with van der Waals surface area (Å²) in [6.45, 7) is 4.71. The molecular formula is C22H30N4O4. The van der Waals surface area contributed by atoms with Crippen molar-refractivity contribution in [1.29, 1.82) is 0 Å². The fourth-order valence-electron chi connectivity index (χ4n) is 4.58. The summed E-state index contributed by atoms with van der Waals surface area (Å²) >= 11 is 0. The summed E-state index contributed by atoms with van der Waals surface area (Å²) in [5.41, 5.74) is 1.56. The first kappa shape index (κ1) is 20.8. The van der Waals surface area contributed by atoms with Crippen LogP contribution in [0.2, 0.25) is 0 Å². The lowest BCUT2D eigenvalue weighted by atomic mass is 9.98. The molecule has 4 rings (SSSR count). The Morgan fingerprint density at radius 1 is 1.10 bits per heavy atom. The minimum absolute atomic E-state index is 0.112. The molecule has 8 heteroatoms. The molecule has 0 unspecified atom stereocenters. The van der Waals surface area contributed by atoms with Gasteiger partial charge in [0.1, 0.15) is 5.54 Å². The van der Waals surface area contributed by atoms with Crippen LogP contribution in [0.3, 0.4) is 0 Å². The van der Waals surface area contributed by atoms with E-state index in [9.17, 15) is 14.4 Å². The molecule has 8 nitrogen and oxygen atoms in total. The summed E-state index contributed by atoms with van der Waals surface area (Å²) < 4.78 is 5.41. The lowest BCUT2D eigenvalue weighted by Gasteiger charge is -2.27. The first-order valence-electron chi connectivity index (χ1n) is 10.9. The fourth-order valence-corrected chi connectivity index (χ4v) is 4.58. The summed E-state index contributed by atoms with van der Waals surface area (Å²) in [4.78, 5) is 40.8. The Bertz CT molecular complexity index is 800. The summed E-state index contributed by atoms with van der Waals surface area (Å²) in [6, 6.07) is 7.73. The highest BCUT2D eigenvalue weighted by molar-refractivity contribution is 6.07. The van der Waals surface area contributed by atoms with E-state index in [1.165, 1.54) is 10.5 Å². The second-order valence-electron chi connectivity index (χ2n) is 8.36. The van der Waals surface area contributed by atoms with Crippen molar-refractivity contribution in [3.63, 3.8) is 0 Å². The van der Waals surface area contributed by atoms with Gasteiger partial charge < -0.3 is 15.4 Å². The van der Waals surface area contributed by atoms with Gasteiger partial charge in [0, 0.05) is 39.1 Å². The minimum Gasteiger partial charge on any atom is -0.379 e. The van der Waals surface area contributed by atoms with Crippen LogP contribution in [0.1, 0.15) is 43.2 Å². The van der Waals surface area contributed by atoms with E-state index >= 15 is 0 Å². The van der Waals surface area contributed by atoms with Crippen molar-refractivity contribution in [2.75, 3.05) is 32.8 Å². The molecular weight excluding hydrogens is 384 g/mol. The minimum atomic E-state index is -0.716. The molecule has 1 aromatic carbocycles. The number of hydrogen-bond acceptors (Lipinski definition) is 5. The molecule has 4 amide bonds. The summed E-state index contributed by atoms with van der Waals surface area (Å²) in [6.07, 6.45) is 3.40. The van der Waals surface area contributed by atoms with Crippen molar-refractivity contribution in [1.82, 2.24) is 20.4 Å². The number of hydrogen-bond donors (Lipinski definition) is 2. The van der Waals surface area contributed by atoms with Crippen LogP contribution in [-0.2, 0) is 27.4 Å². The van der Waals surface area contributed by atoms with Crippen LogP contribution in [0, 0.1) is 0 Å². The Balaban J connectivity index is 1.27. The van der Waals surface area contributed by atoms with Gasteiger partial charge in [-0.05, 0) is 24.0 Å². The van der Waals surface area contributed by atoms with Crippen LogP contribution in [0.15, 0.2) is 24.3 Å². The Morgan fingerprint density at radius 3 is 2.53 bits per heavy atom. The van der Waals surface area contributed by atoms with E-state index in [2.05, 4.69) is 21.6 Å². The van der Waals surface area contributed by atoms with Crippen molar-refractivity contribution in [2.24, 2.45) is 0 Å². The number of nitrogens with one attached hydrogen (secondary N) is 2. The van der Waals surface area contributed by atoms with E-state index in [4.69, 9.17) is 4.74 Å². The number of carbonyl (C=O) groups excluding carboxylic acids is 3. The van der Waals surface area contributed by atoms with Gasteiger partial charge in [-0.1, -0.05) is 37.1 Å². The topological polar surface area (TPSA) is 91.0 Å². The van der Waals surface area contributed by atoms with Gasteiger partial charge in [0.2, 0.25) is 5.91 Å². The smallest absolute Gasteiger partial charge is 0.325 e. The van der Waals surface area contributed by atoms with Crippen molar-refractivity contribution >= 4 is 17.8 Å². The maximum Gasteiger partial charge on any atom is 0.325 e. The van der Waals surface area contributed by atoms with E-state index in [1.54, 1.807) is 0 Å². The Morgan fingerprint density at radius 2 is 1.80 bits per heavy atom. The molecule has 1 spiro atoms. The van der Waals surface area contributed by atoms with Crippen LogP contribution in [0.5, 0.6) is 0 Å². The standard InChI is InChI=1S/C22H30N4O4/c27-19(7-10-26-20(28)22(24-21(26)29)8-3-4-9-22)23-15-17-5-1-2-6-18(17)16-25-11-13-30-14-12-25/h1-2,5-6H,3-4,7-16H2,(H,23,27)(H,24,29). The number of benzene rings is 1. The average Bonchev–Trinajstić information content (AvgIpc) is 3.31. The normalized spacial score (nSPS) is 21.3. The lowest BCUT2D eigenvalue weighted by Crippen LogP contribution is -2.44. The zero-order chi connectivity index (χ0) is 21.0. The molecule has 2 N–H and O–H groups in total. The number of imide groups is 1. The number of rotatable bonds is 7. The van der Waals surface area contributed by atoms with E-state index in [-0.39, 0.29) is 30.8 Å². The van der Waals surface area contributed by atoms with E-state index in [0.717, 1.165) is 51.3 Å². The van der Waals surface area contributed by atoms with Crippen LogP contribution in [0.4, 0.5) is 4.79 Å². The van der Waals surface area contributed by atoms with Gasteiger partial charge in [-0.15, -0.1) is 0 Å². The second-order valence-corrected chi connectivity index (χ2v) is 8.36. The number of amides is 4. The zero-order valence-electron chi connectivity index (χ0n) is 17.3. The van der Waals surface area contributed by atoms with Gasteiger partial charge in [0.25, 0.3) is 5.91 Å². The molecule has 1 saturated carbocycles. The monoisotopic (exact) mass is 414 g/mol. The molecule has 0 radical (unpaired) electrons. The Kier molecular flexibility index (Phi) is 6.34. The number of morpholine rings is 1. The van der Waals surface area contributed by atoms with Crippen molar-refractivity contribution in [3.8, 4) is 0 Å². The van der Waals surface area contributed by atoms with Crippen molar-refractivity contribution in [3.05, 3.63) is 35.4 Å². The van der Waals surface area contributed by atoms with E-state index in [0.29, 0.717) is 19.4 Å². The Hall–Kier alpha value is -2.45. The molecule has 1 aliphatic carbocycles. The number of nitrogens with zero attached hydrogens (tertiary/aromatic N) is 2. The van der Waals surface area contributed by atoms with Gasteiger partial charge in [-0.2, -0.15) is 0 Å². The maximum atomic E-state index is 12.7. The van der Waals surface area contributed by atoms with Gasteiger partial charge in [0.05, 0.1) is 13.2 Å². The molecule has 0 bridgehead atoms. The molecule has 2 aliphatic heterocycles. The SMILES string of the molecule is O=C(CCN1C(=O)NC2(CCCC2)C1=O)NCc1ccccc1CN1CCOCC1. The van der Waals surface area contributed by atoms with E-state index < -0.39 is 5.54 Å². The van der Waals surface area contributed by atoms with Crippen LogP contribution in [-0.4, -0.2) is 66.0 Å². The summed E-state index contributed by atoms with van der Waals surface area (Å²) in [5.74, 6) is -0.335. The van der Waals surface area contributed by atoms with Crippen LogP contribution < -0.4 is 10.6 Å². The molecule has 3 fully saturated rings. The molecule has 0 atom stereocenters. The molecule has 2 saturated heterocycles. The van der Waals surface area contributed by atoms with Crippen molar-refractivity contribution in [2.45, 2.75) is 50.7 Å². The third-order valence-electron chi connectivity index (χ3n) is 6.36. The fraction of sp³-hybridized carbons (Fsp3) is 0.591. The predicted octanol–water partition coefficient (Wildman–Crippen LogP) is 1.39. The van der Waals surface area contributed by atoms with Crippen LogP contribution >= 0.6 is 0 Å². The van der Waals surface area contributed by atoms with Gasteiger partial charge in [-0.3, -0.25) is 19.4 Å². The maximum absolute atomic E-state index is 12.7. The molecule has 1 aromatic rings. The zero-order valence-corrected chi connectivity index (χ0v) is 17.3. The third kappa shape index (κ3) is 4.49. The largest absolute Gasteiger partial charge is 0.379 e. The number of carbonyl (C=O) groups is 3. The average molecular weight is 415 g/mol. The highest BCUT2D eigenvalue weighted by Crippen LogP contribution is 2.35. The first-order valence-corrected chi connectivity index (χ1v) is 10.9. The highest BCUT2D eigenvalue weighted by Gasteiger charge is 2.52. The highest BCUT2D eigenvalue weighted by atomic mass is 16.5. The number of urea groups is 1. The van der Waals surface area contributed by atoms with Crippen LogP contribution in [0.25, 0.3) is 0 Å². The quantitative estimate of drug-likeness (QED) is 0.658. The van der Waals surface area contributed by atoms with Gasteiger partial charge in [-0.25, -0.2) is 4.79 Å². The molecule has 0 aromatic heterocycles.